The Kier molecular flexibility index (Phi) is 4.16. The molecule has 3 aromatic heterocycles. The van der Waals surface area contributed by atoms with Gasteiger partial charge in [0.15, 0.2) is 0 Å². The Bertz CT molecular complexity index is 840. The zero-order chi connectivity index (χ0) is 17.1. The molecule has 0 aromatic carbocycles. The lowest BCUT2D eigenvalue weighted by Gasteiger charge is -2.16. The Morgan fingerprint density at radius 1 is 1.00 bits per heavy atom. The molecule has 25 heavy (non-hydrogen) atoms. The average Bonchev–Trinajstić information content (AvgIpc) is 3.13. The van der Waals surface area contributed by atoms with Gasteiger partial charge >= 0.3 is 0 Å². The van der Waals surface area contributed by atoms with Crippen molar-refractivity contribution in [2.24, 2.45) is 0 Å². The van der Waals surface area contributed by atoms with Gasteiger partial charge in [-0.3, -0.25) is 0 Å². The van der Waals surface area contributed by atoms with Crippen LogP contribution in [0.1, 0.15) is 23.9 Å². The van der Waals surface area contributed by atoms with Crippen LogP contribution in [0.15, 0.2) is 43.0 Å². The van der Waals surface area contributed by atoms with Gasteiger partial charge in [-0.1, -0.05) is 0 Å². The van der Waals surface area contributed by atoms with Gasteiger partial charge < -0.3 is 10.2 Å². The summed E-state index contributed by atoms with van der Waals surface area (Å²) in [5, 5.41) is 3.14. The van der Waals surface area contributed by atoms with Crippen LogP contribution < -0.4 is 10.2 Å². The first-order valence-corrected chi connectivity index (χ1v) is 8.19. The summed E-state index contributed by atoms with van der Waals surface area (Å²) in [6.45, 7) is 3.66. The minimum absolute atomic E-state index is 0.322. The number of nitrogens with one attached hydrogen (secondary N) is 1. The number of hydrogen-bond acceptors (Lipinski definition) is 8. The van der Waals surface area contributed by atoms with Crippen LogP contribution in [-0.2, 0) is 0 Å². The van der Waals surface area contributed by atoms with Crippen molar-refractivity contribution in [3.05, 3.63) is 54.5 Å². The van der Waals surface area contributed by atoms with E-state index in [4.69, 9.17) is 0 Å². The lowest BCUT2D eigenvalue weighted by molar-refractivity contribution is 0.732. The van der Waals surface area contributed by atoms with E-state index in [-0.39, 0.29) is 0 Å². The second kappa shape index (κ2) is 6.76. The maximum Gasteiger partial charge on any atom is 0.228 e. The van der Waals surface area contributed by atoms with E-state index in [9.17, 15) is 0 Å². The van der Waals surface area contributed by atoms with Crippen molar-refractivity contribution in [1.29, 1.82) is 0 Å². The van der Waals surface area contributed by atoms with E-state index in [1.54, 1.807) is 30.9 Å². The SMILES string of the molecule is Cc1nc(Nc2ncccn2)cc(C2CCN(c3ncccn3)C2)n1. The number of aromatic nitrogens is 6. The molecule has 1 saturated heterocycles. The van der Waals surface area contributed by atoms with E-state index < -0.39 is 0 Å². The molecule has 8 nitrogen and oxygen atoms in total. The Morgan fingerprint density at radius 3 is 2.48 bits per heavy atom. The molecule has 0 bridgehead atoms. The summed E-state index contributed by atoms with van der Waals surface area (Å²) in [5.41, 5.74) is 1.02. The minimum Gasteiger partial charge on any atom is -0.340 e. The monoisotopic (exact) mass is 334 g/mol. The Morgan fingerprint density at radius 2 is 1.72 bits per heavy atom. The van der Waals surface area contributed by atoms with Gasteiger partial charge in [0.25, 0.3) is 0 Å². The molecule has 1 atom stereocenters. The summed E-state index contributed by atoms with van der Waals surface area (Å²) in [4.78, 5) is 28.3. The van der Waals surface area contributed by atoms with Crippen LogP contribution in [0.3, 0.4) is 0 Å². The summed E-state index contributed by atoms with van der Waals surface area (Å²) >= 11 is 0. The molecule has 0 amide bonds. The molecule has 0 radical (unpaired) electrons. The zero-order valence-corrected chi connectivity index (χ0v) is 13.9. The largest absolute Gasteiger partial charge is 0.340 e. The first kappa shape index (κ1) is 15.4. The van der Waals surface area contributed by atoms with Gasteiger partial charge in [0.2, 0.25) is 11.9 Å². The quantitative estimate of drug-likeness (QED) is 0.775. The van der Waals surface area contributed by atoms with E-state index in [1.807, 2.05) is 19.1 Å². The van der Waals surface area contributed by atoms with Crippen LogP contribution in [0.4, 0.5) is 17.7 Å². The first-order chi connectivity index (χ1) is 12.3. The molecular formula is C17H18N8. The third-order valence-corrected chi connectivity index (χ3v) is 4.10. The number of aryl methyl sites for hydroxylation is 1. The standard InChI is InChI=1S/C17H18N8/c1-12-22-14(10-15(23-12)24-16-18-5-2-6-19-16)13-4-9-25(11-13)17-20-7-3-8-21-17/h2-3,5-8,10,13H,4,9,11H2,1H3,(H,18,19,22,23,24). The number of anilines is 3. The van der Waals surface area contributed by atoms with Gasteiger partial charge in [-0.2, -0.15) is 0 Å². The molecule has 0 saturated carbocycles. The van der Waals surface area contributed by atoms with E-state index in [2.05, 4.69) is 40.1 Å². The molecule has 1 aliphatic rings. The van der Waals surface area contributed by atoms with Crippen molar-refractivity contribution < 1.29 is 0 Å². The minimum atomic E-state index is 0.322. The molecule has 4 heterocycles. The van der Waals surface area contributed by atoms with E-state index >= 15 is 0 Å². The van der Waals surface area contributed by atoms with Crippen molar-refractivity contribution in [2.45, 2.75) is 19.3 Å². The van der Waals surface area contributed by atoms with Gasteiger partial charge in [0.05, 0.1) is 5.69 Å². The van der Waals surface area contributed by atoms with Gasteiger partial charge in [-0.05, 0) is 25.5 Å². The third kappa shape index (κ3) is 3.52. The highest BCUT2D eigenvalue weighted by atomic mass is 15.3. The van der Waals surface area contributed by atoms with Crippen molar-refractivity contribution in [1.82, 2.24) is 29.9 Å². The van der Waals surface area contributed by atoms with Crippen LogP contribution >= 0.6 is 0 Å². The fourth-order valence-corrected chi connectivity index (χ4v) is 2.98. The highest BCUT2D eigenvalue weighted by Gasteiger charge is 2.27. The molecule has 1 aliphatic heterocycles. The van der Waals surface area contributed by atoms with Crippen LogP contribution in [0.5, 0.6) is 0 Å². The Balaban J connectivity index is 1.53. The Hall–Kier alpha value is -3.16. The fraction of sp³-hybridized carbons (Fsp3) is 0.294. The van der Waals surface area contributed by atoms with Crippen molar-refractivity contribution >= 4 is 17.7 Å². The van der Waals surface area contributed by atoms with E-state index in [1.165, 1.54) is 0 Å². The predicted octanol–water partition coefficient (Wildman–Crippen LogP) is 2.10. The molecule has 3 aromatic rings. The summed E-state index contributed by atoms with van der Waals surface area (Å²) in [5.74, 6) is 3.06. The molecule has 1 unspecified atom stereocenters. The van der Waals surface area contributed by atoms with E-state index in [0.717, 1.165) is 37.0 Å². The van der Waals surface area contributed by atoms with Crippen LogP contribution in [0, 0.1) is 6.92 Å². The highest BCUT2D eigenvalue weighted by molar-refractivity contribution is 5.48. The van der Waals surface area contributed by atoms with Crippen molar-refractivity contribution in [2.75, 3.05) is 23.3 Å². The van der Waals surface area contributed by atoms with Crippen molar-refractivity contribution in [3.8, 4) is 0 Å². The first-order valence-electron chi connectivity index (χ1n) is 8.19. The topological polar surface area (TPSA) is 92.6 Å². The summed E-state index contributed by atoms with van der Waals surface area (Å²) in [6.07, 6.45) is 7.94. The summed E-state index contributed by atoms with van der Waals surface area (Å²) < 4.78 is 0. The molecule has 4 rings (SSSR count). The highest BCUT2D eigenvalue weighted by Crippen LogP contribution is 2.29. The van der Waals surface area contributed by atoms with Gasteiger partial charge in [-0.15, -0.1) is 0 Å². The lowest BCUT2D eigenvalue weighted by atomic mass is 10.0. The van der Waals surface area contributed by atoms with Crippen molar-refractivity contribution in [3.63, 3.8) is 0 Å². The molecule has 0 aliphatic carbocycles. The van der Waals surface area contributed by atoms with Crippen LogP contribution in [0.25, 0.3) is 0 Å². The summed E-state index contributed by atoms with van der Waals surface area (Å²) in [6, 6.07) is 5.58. The smallest absolute Gasteiger partial charge is 0.228 e. The average molecular weight is 334 g/mol. The lowest BCUT2D eigenvalue weighted by Crippen LogP contribution is -2.21. The normalized spacial score (nSPS) is 16.8. The number of rotatable bonds is 4. The third-order valence-electron chi connectivity index (χ3n) is 4.10. The second-order valence-corrected chi connectivity index (χ2v) is 5.90. The number of nitrogens with zero attached hydrogens (tertiary/aromatic N) is 7. The van der Waals surface area contributed by atoms with Gasteiger partial charge in [-0.25, -0.2) is 29.9 Å². The second-order valence-electron chi connectivity index (χ2n) is 5.90. The Labute approximate surface area is 145 Å². The molecule has 0 spiro atoms. The van der Waals surface area contributed by atoms with Gasteiger partial charge in [0.1, 0.15) is 11.6 Å². The number of hydrogen-bond donors (Lipinski definition) is 1. The maximum absolute atomic E-state index is 4.63. The molecule has 1 N–H and O–H groups in total. The van der Waals surface area contributed by atoms with E-state index in [0.29, 0.717) is 17.7 Å². The summed E-state index contributed by atoms with van der Waals surface area (Å²) in [7, 11) is 0. The molecular weight excluding hydrogens is 316 g/mol. The van der Waals surface area contributed by atoms with Gasteiger partial charge in [0, 0.05) is 49.9 Å². The molecule has 8 heteroatoms. The fourth-order valence-electron chi connectivity index (χ4n) is 2.98. The zero-order valence-electron chi connectivity index (χ0n) is 13.9. The molecule has 126 valence electrons. The maximum atomic E-state index is 4.63. The predicted molar refractivity (Wildman–Crippen MR) is 93.7 cm³/mol. The molecule has 1 fully saturated rings. The van der Waals surface area contributed by atoms with Crippen LogP contribution in [-0.4, -0.2) is 43.0 Å². The van der Waals surface area contributed by atoms with Crippen LogP contribution in [0.2, 0.25) is 0 Å².